The minimum atomic E-state index is -0.0184. The molecule has 0 aliphatic heterocycles. The maximum Gasteiger partial charge on any atom is 0.226 e. The van der Waals surface area contributed by atoms with Crippen LogP contribution < -0.4 is 10.6 Å². The van der Waals surface area contributed by atoms with Gasteiger partial charge in [0.05, 0.1) is 6.20 Å². The van der Waals surface area contributed by atoms with Gasteiger partial charge in [0.1, 0.15) is 5.76 Å². The van der Waals surface area contributed by atoms with Crippen molar-refractivity contribution in [2.24, 2.45) is 0 Å². The van der Waals surface area contributed by atoms with Gasteiger partial charge < -0.3 is 15.1 Å². The number of nitrogens with one attached hydrogen (secondary N) is 2. The van der Waals surface area contributed by atoms with Crippen LogP contribution >= 0.6 is 0 Å². The molecule has 1 amide bonds. The second-order valence-electron chi connectivity index (χ2n) is 4.26. The molecule has 1 heterocycles. The zero-order chi connectivity index (χ0) is 13.7. The molecular formula is C14H17N3O2. The van der Waals surface area contributed by atoms with Gasteiger partial charge in [-0.3, -0.25) is 4.79 Å². The van der Waals surface area contributed by atoms with Crippen LogP contribution in [0.2, 0.25) is 0 Å². The van der Waals surface area contributed by atoms with E-state index in [9.17, 15) is 4.79 Å². The number of nitrogens with zero attached hydrogens (tertiary/aromatic N) is 1. The molecule has 1 aromatic carbocycles. The molecule has 0 aliphatic rings. The van der Waals surface area contributed by atoms with Gasteiger partial charge >= 0.3 is 0 Å². The molecule has 0 radical (unpaired) electrons. The average molecular weight is 259 g/mol. The van der Waals surface area contributed by atoms with Crippen molar-refractivity contribution in [1.29, 1.82) is 0 Å². The molecule has 0 aliphatic carbocycles. The van der Waals surface area contributed by atoms with Crippen LogP contribution in [0.15, 0.2) is 34.9 Å². The van der Waals surface area contributed by atoms with Gasteiger partial charge in [0, 0.05) is 24.2 Å². The van der Waals surface area contributed by atoms with E-state index in [0.717, 1.165) is 17.0 Å². The van der Waals surface area contributed by atoms with Gasteiger partial charge in [0.2, 0.25) is 11.8 Å². The zero-order valence-electron chi connectivity index (χ0n) is 11.1. The van der Waals surface area contributed by atoms with Gasteiger partial charge in [-0.2, -0.15) is 0 Å². The molecule has 5 nitrogen and oxygen atoms in total. The molecule has 2 aromatic rings. The highest BCUT2D eigenvalue weighted by Gasteiger charge is 2.06. The van der Waals surface area contributed by atoms with Crippen LogP contribution in [0.5, 0.6) is 0 Å². The predicted octanol–water partition coefficient (Wildman–Crippen LogP) is 2.20. The van der Waals surface area contributed by atoms with Gasteiger partial charge in [-0.25, -0.2) is 4.98 Å². The zero-order valence-corrected chi connectivity index (χ0v) is 11.1. The van der Waals surface area contributed by atoms with Crippen molar-refractivity contribution in [3.63, 3.8) is 0 Å². The molecule has 0 saturated heterocycles. The molecule has 1 aromatic heterocycles. The van der Waals surface area contributed by atoms with E-state index in [1.807, 2.05) is 38.2 Å². The molecule has 2 rings (SSSR count). The Kier molecular flexibility index (Phi) is 4.30. The number of hydrogen-bond acceptors (Lipinski definition) is 4. The molecule has 0 bridgehead atoms. The van der Waals surface area contributed by atoms with Crippen molar-refractivity contribution in [3.05, 3.63) is 36.2 Å². The first-order chi connectivity index (χ1) is 9.19. The van der Waals surface area contributed by atoms with Crippen LogP contribution in [0.25, 0.3) is 11.5 Å². The summed E-state index contributed by atoms with van der Waals surface area (Å²) in [5.74, 6) is 1.30. The lowest BCUT2D eigenvalue weighted by Gasteiger charge is -2.06. The Balaban J connectivity index is 2.09. The number of carbonyl (C=O) groups is 1. The lowest BCUT2D eigenvalue weighted by molar-refractivity contribution is -0.116. The molecule has 2 N–H and O–H groups in total. The minimum Gasteiger partial charge on any atom is -0.441 e. The molecule has 19 heavy (non-hydrogen) atoms. The fourth-order valence-electron chi connectivity index (χ4n) is 1.68. The largest absolute Gasteiger partial charge is 0.441 e. The fourth-order valence-corrected chi connectivity index (χ4v) is 1.68. The van der Waals surface area contributed by atoms with E-state index in [4.69, 9.17) is 4.42 Å². The van der Waals surface area contributed by atoms with E-state index < -0.39 is 0 Å². The second kappa shape index (κ2) is 6.15. The Morgan fingerprint density at radius 1 is 1.42 bits per heavy atom. The smallest absolute Gasteiger partial charge is 0.226 e. The molecule has 0 spiro atoms. The fraction of sp³-hybridized carbons (Fsp3) is 0.286. The third-order valence-corrected chi connectivity index (χ3v) is 2.62. The van der Waals surface area contributed by atoms with E-state index in [1.165, 1.54) is 0 Å². The number of hydrogen-bond donors (Lipinski definition) is 2. The number of aryl methyl sites for hydroxylation is 1. The summed E-state index contributed by atoms with van der Waals surface area (Å²) in [5.41, 5.74) is 1.59. The summed E-state index contributed by atoms with van der Waals surface area (Å²) in [6.07, 6.45) is 2.12. The van der Waals surface area contributed by atoms with Crippen molar-refractivity contribution < 1.29 is 9.21 Å². The maximum atomic E-state index is 11.6. The van der Waals surface area contributed by atoms with Crippen LogP contribution in [-0.4, -0.2) is 24.5 Å². The van der Waals surface area contributed by atoms with Gasteiger partial charge in [-0.1, -0.05) is 6.07 Å². The van der Waals surface area contributed by atoms with Crippen LogP contribution in [0.3, 0.4) is 0 Å². The lowest BCUT2D eigenvalue weighted by Crippen LogP contribution is -2.18. The Bertz CT molecular complexity index is 563. The van der Waals surface area contributed by atoms with Gasteiger partial charge in [-0.15, -0.1) is 0 Å². The average Bonchev–Trinajstić information content (AvgIpc) is 2.83. The highest BCUT2D eigenvalue weighted by Crippen LogP contribution is 2.22. The Hall–Kier alpha value is -2.14. The van der Waals surface area contributed by atoms with Crippen LogP contribution in [0.1, 0.15) is 12.2 Å². The van der Waals surface area contributed by atoms with E-state index in [0.29, 0.717) is 18.9 Å². The van der Waals surface area contributed by atoms with Crippen molar-refractivity contribution in [2.75, 3.05) is 18.9 Å². The summed E-state index contributed by atoms with van der Waals surface area (Å²) < 4.78 is 5.46. The van der Waals surface area contributed by atoms with Crippen molar-refractivity contribution in [1.82, 2.24) is 10.3 Å². The summed E-state index contributed by atoms with van der Waals surface area (Å²) in [6, 6.07) is 7.45. The minimum absolute atomic E-state index is 0.0184. The number of rotatable bonds is 5. The molecule has 0 atom stereocenters. The first-order valence-electron chi connectivity index (χ1n) is 6.16. The van der Waals surface area contributed by atoms with Crippen LogP contribution in [0, 0.1) is 6.92 Å². The molecule has 0 saturated carbocycles. The number of aromatic nitrogens is 1. The van der Waals surface area contributed by atoms with Gasteiger partial charge in [0.25, 0.3) is 0 Å². The first kappa shape index (κ1) is 13.3. The summed E-state index contributed by atoms with van der Waals surface area (Å²) in [5, 5.41) is 5.78. The van der Waals surface area contributed by atoms with E-state index >= 15 is 0 Å². The summed E-state index contributed by atoms with van der Waals surface area (Å²) in [6.45, 7) is 2.50. The highest BCUT2D eigenvalue weighted by molar-refractivity contribution is 5.91. The second-order valence-corrected chi connectivity index (χ2v) is 4.26. The van der Waals surface area contributed by atoms with Crippen molar-refractivity contribution in [3.8, 4) is 11.5 Å². The molecular weight excluding hydrogens is 242 g/mol. The number of amides is 1. The molecule has 5 heteroatoms. The SMILES string of the molecule is CNCCC(=O)Nc1cccc(-c2ncc(C)o2)c1. The maximum absolute atomic E-state index is 11.6. The Morgan fingerprint density at radius 2 is 2.26 bits per heavy atom. The lowest BCUT2D eigenvalue weighted by atomic mass is 10.2. The molecule has 0 fully saturated rings. The molecule has 0 unspecified atom stereocenters. The number of benzene rings is 1. The van der Waals surface area contributed by atoms with Crippen molar-refractivity contribution in [2.45, 2.75) is 13.3 Å². The first-order valence-corrected chi connectivity index (χ1v) is 6.16. The number of oxazole rings is 1. The summed E-state index contributed by atoms with van der Waals surface area (Å²) in [4.78, 5) is 15.8. The predicted molar refractivity (Wildman–Crippen MR) is 73.8 cm³/mol. The van der Waals surface area contributed by atoms with E-state index in [1.54, 1.807) is 6.20 Å². The third-order valence-electron chi connectivity index (χ3n) is 2.62. The normalized spacial score (nSPS) is 10.4. The van der Waals surface area contributed by atoms with Crippen LogP contribution in [0.4, 0.5) is 5.69 Å². The van der Waals surface area contributed by atoms with E-state index in [2.05, 4.69) is 15.6 Å². The van der Waals surface area contributed by atoms with Gasteiger partial charge in [-0.05, 0) is 32.2 Å². The van der Waals surface area contributed by atoms with Crippen molar-refractivity contribution >= 4 is 11.6 Å². The topological polar surface area (TPSA) is 67.2 Å². The summed E-state index contributed by atoms with van der Waals surface area (Å²) >= 11 is 0. The highest BCUT2D eigenvalue weighted by atomic mass is 16.4. The molecule has 100 valence electrons. The standard InChI is InChI=1S/C14H17N3O2/c1-10-9-16-14(19-10)11-4-3-5-12(8-11)17-13(18)6-7-15-2/h3-5,8-9,15H,6-7H2,1-2H3,(H,17,18). The summed E-state index contributed by atoms with van der Waals surface area (Å²) in [7, 11) is 1.82. The third kappa shape index (κ3) is 3.66. The Labute approximate surface area is 112 Å². The quantitative estimate of drug-likeness (QED) is 0.863. The van der Waals surface area contributed by atoms with Gasteiger partial charge in [0.15, 0.2) is 0 Å². The van der Waals surface area contributed by atoms with Crippen LogP contribution in [-0.2, 0) is 4.79 Å². The monoisotopic (exact) mass is 259 g/mol. The Morgan fingerprint density at radius 3 is 2.95 bits per heavy atom. The number of carbonyl (C=O) groups excluding carboxylic acids is 1. The van der Waals surface area contributed by atoms with E-state index in [-0.39, 0.29) is 5.91 Å². The number of anilines is 1.